The predicted molar refractivity (Wildman–Crippen MR) is 40.0 cm³/mol. The lowest BCUT2D eigenvalue weighted by Crippen LogP contribution is -2.39. The summed E-state index contributed by atoms with van der Waals surface area (Å²) in [5.74, 6) is 0.646. The number of azo groups is 1. The standard InChI is InChI=1S/C6H12N4/c1-6(2,3)9-5-7-4-8-10-5/h4H2,1-3H3,(H,7,9). The van der Waals surface area contributed by atoms with Gasteiger partial charge in [0.1, 0.15) is 0 Å². The van der Waals surface area contributed by atoms with E-state index in [0.717, 1.165) is 0 Å². The van der Waals surface area contributed by atoms with Crippen molar-refractivity contribution in [2.24, 2.45) is 15.2 Å². The van der Waals surface area contributed by atoms with Crippen LogP contribution in [0.25, 0.3) is 0 Å². The first-order valence-corrected chi connectivity index (χ1v) is 3.28. The fourth-order valence-corrected chi connectivity index (χ4v) is 0.629. The molecule has 1 rings (SSSR count). The van der Waals surface area contributed by atoms with Gasteiger partial charge in [0.25, 0.3) is 0 Å². The molecule has 0 aliphatic carbocycles. The van der Waals surface area contributed by atoms with Gasteiger partial charge in [-0.05, 0) is 20.8 Å². The summed E-state index contributed by atoms with van der Waals surface area (Å²) in [6.45, 7) is 6.65. The number of hydrogen-bond donors (Lipinski definition) is 1. The Morgan fingerprint density at radius 3 is 2.50 bits per heavy atom. The summed E-state index contributed by atoms with van der Waals surface area (Å²) < 4.78 is 0. The maximum atomic E-state index is 3.99. The molecule has 0 radical (unpaired) electrons. The lowest BCUT2D eigenvalue weighted by Gasteiger charge is -2.19. The van der Waals surface area contributed by atoms with Crippen LogP contribution in [0, 0.1) is 0 Å². The van der Waals surface area contributed by atoms with E-state index < -0.39 is 0 Å². The molecule has 0 atom stereocenters. The summed E-state index contributed by atoms with van der Waals surface area (Å²) >= 11 is 0. The van der Waals surface area contributed by atoms with Gasteiger partial charge in [0, 0.05) is 5.54 Å². The van der Waals surface area contributed by atoms with Crippen molar-refractivity contribution >= 4 is 5.96 Å². The third-order valence-electron chi connectivity index (χ3n) is 0.936. The predicted octanol–water partition coefficient (Wildman–Crippen LogP) is 1.15. The van der Waals surface area contributed by atoms with Gasteiger partial charge >= 0.3 is 0 Å². The molecule has 0 fully saturated rings. The van der Waals surface area contributed by atoms with E-state index in [1.807, 2.05) is 0 Å². The highest BCUT2D eigenvalue weighted by Crippen LogP contribution is 2.01. The molecule has 0 unspecified atom stereocenters. The second kappa shape index (κ2) is 2.36. The molecule has 56 valence electrons. The Morgan fingerprint density at radius 1 is 1.40 bits per heavy atom. The molecule has 0 saturated heterocycles. The Morgan fingerprint density at radius 2 is 2.10 bits per heavy atom. The molecule has 0 spiro atoms. The van der Waals surface area contributed by atoms with E-state index in [0.29, 0.717) is 12.6 Å². The summed E-state index contributed by atoms with van der Waals surface area (Å²) in [4.78, 5) is 3.99. The molecule has 1 N–H and O–H groups in total. The highest BCUT2D eigenvalue weighted by molar-refractivity contribution is 5.81. The molecule has 0 aromatic heterocycles. The Balaban J connectivity index is 2.46. The summed E-state index contributed by atoms with van der Waals surface area (Å²) in [5, 5.41) is 10.6. The molecule has 0 saturated carbocycles. The first-order valence-electron chi connectivity index (χ1n) is 3.28. The minimum absolute atomic E-state index is 0.0300. The van der Waals surface area contributed by atoms with Crippen LogP contribution in [0.4, 0.5) is 0 Å². The Hall–Kier alpha value is -0.930. The average Bonchev–Trinajstić information content (AvgIpc) is 2.12. The molecule has 1 aliphatic rings. The van der Waals surface area contributed by atoms with Gasteiger partial charge in [-0.25, -0.2) is 4.99 Å². The van der Waals surface area contributed by atoms with Crippen LogP contribution in [-0.4, -0.2) is 18.2 Å². The third kappa shape index (κ3) is 2.13. The van der Waals surface area contributed by atoms with Crippen molar-refractivity contribution in [1.82, 2.24) is 5.32 Å². The van der Waals surface area contributed by atoms with Crippen molar-refractivity contribution in [2.75, 3.05) is 6.67 Å². The van der Waals surface area contributed by atoms with E-state index in [9.17, 15) is 0 Å². The van der Waals surface area contributed by atoms with E-state index in [2.05, 4.69) is 41.3 Å². The lowest BCUT2D eigenvalue weighted by atomic mass is 10.1. The molecule has 1 heterocycles. The van der Waals surface area contributed by atoms with Gasteiger partial charge in [-0.15, -0.1) is 5.11 Å². The van der Waals surface area contributed by atoms with Crippen molar-refractivity contribution in [3.05, 3.63) is 0 Å². The van der Waals surface area contributed by atoms with Crippen molar-refractivity contribution in [1.29, 1.82) is 0 Å². The largest absolute Gasteiger partial charge is 0.349 e. The highest BCUT2D eigenvalue weighted by Gasteiger charge is 2.12. The van der Waals surface area contributed by atoms with Crippen LogP contribution >= 0.6 is 0 Å². The number of guanidine groups is 1. The van der Waals surface area contributed by atoms with Crippen molar-refractivity contribution < 1.29 is 0 Å². The number of hydrogen-bond acceptors (Lipinski definition) is 4. The molecule has 4 nitrogen and oxygen atoms in total. The number of nitrogens with zero attached hydrogens (tertiary/aromatic N) is 3. The normalized spacial score (nSPS) is 17.3. The number of rotatable bonds is 0. The second-order valence-corrected chi connectivity index (χ2v) is 3.24. The maximum absolute atomic E-state index is 3.99. The van der Waals surface area contributed by atoms with E-state index >= 15 is 0 Å². The molecular weight excluding hydrogens is 128 g/mol. The van der Waals surface area contributed by atoms with Gasteiger partial charge < -0.3 is 5.32 Å². The van der Waals surface area contributed by atoms with E-state index in [1.165, 1.54) is 0 Å². The first-order chi connectivity index (χ1) is 4.58. The van der Waals surface area contributed by atoms with Crippen molar-refractivity contribution in [2.45, 2.75) is 26.3 Å². The van der Waals surface area contributed by atoms with Crippen LogP contribution in [0.15, 0.2) is 15.2 Å². The topological polar surface area (TPSA) is 49.1 Å². The highest BCUT2D eigenvalue weighted by atomic mass is 15.3. The molecule has 1 aliphatic heterocycles. The summed E-state index contributed by atoms with van der Waals surface area (Å²) in [6, 6.07) is 0. The van der Waals surface area contributed by atoms with Gasteiger partial charge in [-0.2, -0.15) is 5.11 Å². The summed E-state index contributed by atoms with van der Waals surface area (Å²) in [5.41, 5.74) is 0.0300. The number of aliphatic imine (C=N–C) groups is 1. The zero-order valence-electron chi connectivity index (χ0n) is 6.55. The fraction of sp³-hybridized carbons (Fsp3) is 0.833. The minimum Gasteiger partial charge on any atom is -0.349 e. The van der Waals surface area contributed by atoms with Crippen molar-refractivity contribution in [3.63, 3.8) is 0 Å². The summed E-state index contributed by atoms with van der Waals surface area (Å²) in [6.07, 6.45) is 0. The molecule has 10 heavy (non-hydrogen) atoms. The minimum atomic E-state index is 0.0300. The van der Waals surface area contributed by atoms with Gasteiger partial charge in [-0.3, -0.25) is 0 Å². The molecule has 0 aromatic carbocycles. The molecule has 0 amide bonds. The van der Waals surface area contributed by atoms with Crippen LogP contribution < -0.4 is 5.32 Å². The van der Waals surface area contributed by atoms with Crippen LogP contribution in [0.1, 0.15) is 20.8 Å². The smallest absolute Gasteiger partial charge is 0.240 e. The van der Waals surface area contributed by atoms with Crippen LogP contribution in [0.2, 0.25) is 0 Å². The zero-order valence-corrected chi connectivity index (χ0v) is 6.55. The van der Waals surface area contributed by atoms with Crippen LogP contribution in [-0.2, 0) is 0 Å². The second-order valence-electron chi connectivity index (χ2n) is 3.24. The monoisotopic (exact) mass is 140 g/mol. The van der Waals surface area contributed by atoms with Crippen LogP contribution in [0.3, 0.4) is 0 Å². The fourth-order valence-electron chi connectivity index (χ4n) is 0.629. The molecular formula is C6H12N4. The SMILES string of the molecule is CC(C)(C)NC1=NCN=N1. The Bertz CT molecular complexity index is 175. The lowest BCUT2D eigenvalue weighted by molar-refractivity contribution is 0.509. The third-order valence-corrected chi connectivity index (χ3v) is 0.936. The average molecular weight is 140 g/mol. The first kappa shape index (κ1) is 7.18. The van der Waals surface area contributed by atoms with Gasteiger partial charge in [-0.1, -0.05) is 0 Å². The Labute approximate surface area is 60.5 Å². The van der Waals surface area contributed by atoms with Gasteiger partial charge in [0.15, 0.2) is 6.67 Å². The quantitative estimate of drug-likeness (QED) is 0.539. The zero-order chi connectivity index (χ0) is 7.61. The van der Waals surface area contributed by atoms with Crippen molar-refractivity contribution in [3.8, 4) is 0 Å². The summed E-state index contributed by atoms with van der Waals surface area (Å²) in [7, 11) is 0. The maximum Gasteiger partial charge on any atom is 0.240 e. The van der Waals surface area contributed by atoms with Crippen LogP contribution in [0.5, 0.6) is 0 Å². The molecule has 0 aromatic rings. The van der Waals surface area contributed by atoms with E-state index in [4.69, 9.17) is 0 Å². The van der Waals surface area contributed by atoms with Gasteiger partial charge in [0.2, 0.25) is 5.96 Å². The number of nitrogens with one attached hydrogen (secondary N) is 1. The molecule has 0 bridgehead atoms. The van der Waals surface area contributed by atoms with Gasteiger partial charge in [0.05, 0.1) is 0 Å². The van der Waals surface area contributed by atoms with E-state index in [1.54, 1.807) is 0 Å². The molecule has 4 heteroatoms. The Kier molecular flexibility index (Phi) is 1.70. The van der Waals surface area contributed by atoms with E-state index in [-0.39, 0.29) is 5.54 Å².